The summed E-state index contributed by atoms with van der Waals surface area (Å²) < 4.78 is 44.3. The van der Waals surface area contributed by atoms with Crippen molar-refractivity contribution in [2.45, 2.75) is 51.4 Å². The van der Waals surface area contributed by atoms with Gasteiger partial charge in [0.25, 0.3) is 0 Å². The minimum absolute atomic E-state index is 0.113. The van der Waals surface area contributed by atoms with E-state index >= 15 is 0 Å². The number of hydrogen-bond donors (Lipinski definition) is 0. The fraction of sp³-hybridized carbons (Fsp3) is 0.444. The molecule has 30 heavy (non-hydrogen) atoms. The third-order valence-corrected chi connectivity index (χ3v) is 6.18. The molecule has 0 bridgehead atoms. The maximum absolute atomic E-state index is 11.1. The molecule has 0 saturated heterocycles. The van der Waals surface area contributed by atoms with Gasteiger partial charge in [-0.15, -0.1) is 0 Å². The van der Waals surface area contributed by atoms with Crippen molar-refractivity contribution >= 4 is 30.3 Å². The molecule has 2 aliphatic rings. The first-order chi connectivity index (χ1) is 14.5. The number of unbranched alkanes of at least 4 members (excludes halogenated alkanes) is 3. The summed E-state index contributed by atoms with van der Waals surface area (Å²) in [5.41, 5.74) is 20.0. The van der Waals surface area contributed by atoms with Gasteiger partial charge in [-0.1, -0.05) is 35.2 Å². The zero-order valence-corrected chi connectivity index (χ0v) is 17.7. The minimum Gasteiger partial charge on any atom is -0.184 e. The molecule has 2 rings (SSSR count). The van der Waals surface area contributed by atoms with Crippen molar-refractivity contribution in [2.24, 2.45) is 10.2 Å². The summed E-state index contributed by atoms with van der Waals surface area (Å²) in [5, 5.41) is 7.27. The highest BCUT2D eigenvalue weighted by Crippen LogP contribution is 2.26. The Balaban J connectivity index is 1.87. The van der Waals surface area contributed by atoms with Gasteiger partial charge < -0.3 is 0 Å². The molecule has 158 valence electrons. The van der Waals surface area contributed by atoms with Crippen LogP contribution in [0, 0.1) is 0 Å². The smallest absolute Gasteiger partial charge is 0.184 e. The predicted molar refractivity (Wildman–Crippen MR) is 115 cm³/mol. The highest BCUT2D eigenvalue weighted by molar-refractivity contribution is 7.73. The molecule has 0 fully saturated rings. The Bertz CT molecular complexity index is 1090. The van der Waals surface area contributed by atoms with E-state index in [1.807, 2.05) is 0 Å². The topological polar surface area (TPSA) is 166 Å². The maximum Gasteiger partial charge on any atom is 0.217 e. The van der Waals surface area contributed by atoms with Gasteiger partial charge in [-0.25, -0.2) is 0 Å². The number of hydrogen-bond acceptors (Lipinski definition) is 6. The third-order valence-electron chi connectivity index (χ3n) is 4.77. The second-order valence-corrected chi connectivity index (χ2v) is 8.65. The van der Waals surface area contributed by atoms with Crippen LogP contribution >= 0.6 is 0 Å². The Kier molecular flexibility index (Phi) is 9.17. The molecule has 0 heterocycles. The van der Waals surface area contributed by atoms with Gasteiger partial charge in [-0.3, -0.25) is 0 Å². The van der Waals surface area contributed by atoms with Gasteiger partial charge in [0.2, 0.25) is 20.6 Å². The van der Waals surface area contributed by atoms with E-state index in [4.69, 9.17) is 11.1 Å². The maximum atomic E-state index is 11.1. The second-order valence-electron chi connectivity index (χ2n) is 6.66. The van der Waals surface area contributed by atoms with Crippen LogP contribution in [-0.4, -0.2) is 26.6 Å². The molecule has 0 aromatic rings. The molecule has 10 nitrogen and oxygen atoms in total. The van der Waals surface area contributed by atoms with Gasteiger partial charge in [-0.2, -0.15) is 16.8 Å². The van der Waals surface area contributed by atoms with Crippen molar-refractivity contribution in [2.75, 3.05) is 0 Å². The third kappa shape index (κ3) is 6.78. The van der Waals surface area contributed by atoms with Crippen molar-refractivity contribution in [3.8, 4) is 0 Å². The van der Waals surface area contributed by atoms with Crippen LogP contribution < -0.4 is 0 Å². The molecule has 0 radical (unpaired) electrons. The summed E-state index contributed by atoms with van der Waals surface area (Å²) in [6.07, 6.45) is 11.6. The lowest BCUT2D eigenvalue weighted by molar-refractivity contribution is 0.625. The molecule has 0 aliphatic heterocycles. The predicted octanol–water partition coefficient (Wildman–Crippen LogP) is 4.48. The highest BCUT2D eigenvalue weighted by atomic mass is 32.2. The van der Waals surface area contributed by atoms with Crippen molar-refractivity contribution in [3.63, 3.8) is 0 Å². The molecule has 2 aliphatic carbocycles. The Morgan fingerprint density at radius 3 is 1.43 bits per heavy atom. The average Bonchev–Trinajstić information content (AvgIpc) is 2.72. The zero-order valence-electron chi connectivity index (χ0n) is 16.1. The quantitative estimate of drug-likeness (QED) is 0.167. The van der Waals surface area contributed by atoms with Crippen LogP contribution in [0.2, 0.25) is 0 Å². The first-order valence-corrected chi connectivity index (χ1v) is 11.4. The molecule has 0 amide bonds. The number of azide groups is 2. The molecule has 0 unspecified atom stereocenters. The lowest BCUT2D eigenvalue weighted by atomic mass is 9.96. The lowest BCUT2D eigenvalue weighted by Gasteiger charge is -2.13. The molecule has 0 spiro atoms. The van der Waals surface area contributed by atoms with Gasteiger partial charge in [0.1, 0.15) is 0 Å². The first-order valence-electron chi connectivity index (χ1n) is 9.26. The summed E-state index contributed by atoms with van der Waals surface area (Å²) in [6, 6.07) is 0. The Hall–Kier alpha value is -3.04. The van der Waals surface area contributed by atoms with Crippen LogP contribution in [0.15, 0.2) is 57.1 Å². The molecular weight excluding hydrogens is 428 g/mol. The monoisotopic (exact) mass is 448 g/mol. The van der Waals surface area contributed by atoms with Crippen molar-refractivity contribution < 1.29 is 16.8 Å². The number of allylic oxidation sites excluding steroid dienone is 8. The van der Waals surface area contributed by atoms with E-state index in [1.165, 1.54) is 12.2 Å². The molecule has 0 N–H and O–H groups in total. The van der Waals surface area contributed by atoms with Gasteiger partial charge in [0.05, 0.1) is 9.73 Å². The summed E-state index contributed by atoms with van der Waals surface area (Å²) in [6.45, 7) is 0. The van der Waals surface area contributed by atoms with Crippen LogP contribution in [0.25, 0.3) is 20.9 Å². The Morgan fingerprint density at radius 2 is 1.10 bits per heavy atom. The van der Waals surface area contributed by atoms with Crippen molar-refractivity contribution in [1.82, 2.24) is 0 Å². The van der Waals surface area contributed by atoms with Crippen molar-refractivity contribution in [1.29, 1.82) is 0 Å². The summed E-state index contributed by atoms with van der Waals surface area (Å²) in [7, 11) is -4.65. The molecule has 0 saturated carbocycles. The van der Waals surface area contributed by atoms with E-state index in [1.54, 1.807) is 12.2 Å². The van der Waals surface area contributed by atoms with E-state index in [9.17, 15) is 16.8 Å². The number of rotatable bonds is 9. The summed E-state index contributed by atoms with van der Waals surface area (Å²) in [4.78, 5) is 5.97. The van der Waals surface area contributed by atoms with Crippen molar-refractivity contribution in [3.05, 3.63) is 67.7 Å². The van der Waals surface area contributed by atoms with E-state index in [-0.39, 0.29) is 22.6 Å². The molecule has 0 atom stereocenters. The standard InChI is InChI=1S/C18H20N6O4S2/c19-23-21-17-11-15(29(25)26)9-7-13(17)5-3-1-2-4-6-14-8-10-16(30(27)28)12-18(14)22-24-20/h7-10H,1-6,11-12H2. The normalized spacial score (nSPS) is 15.7. The Labute approximate surface area is 176 Å². The Morgan fingerprint density at radius 1 is 0.700 bits per heavy atom. The molecule has 0 aromatic carbocycles. The second kappa shape index (κ2) is 11.8. The average molecular weight is 449 g/mol. The van der Waals surface area contributed by atoms with Gasteiger partial charge >= 0.3 is 0 Å². The minimum atomic E-state index is -2.33. The molecular formula is C18H20N6O4S2. The zero-order chi connectivity index (χ0) is 21.9. The summed E-state index contributed by atoms with van der Waals surface area (Å²) in [5.74, 6) is 0. The van der Waals surface area contributed by atoms with E-state index < -0.39 is 20.6 Å². The summed E-state index contributed by atoms with van der Waals surface area (Å²) >= 11 is 0. The first kappa shape index (κ1) is 23.2. The molecule has 0 aromatic heterocycles. The fourth-order valence-corrected chi connectivity index (χ4v) is 4.10. The number of nitrogens with zero attached hydrogens (tertiary/aromatic N) is 6. The highest BCUT2D eigenvalue weighted by Gasteiger charge is 2.14. The van der Waals surface area contributed by atoms with Crippen LogP contribution in [0.4, 0.5) is 0 Å². The fourth-order valence-electron chi connectivity index (χ4n) is 3.23. The van der Waals surface area contributed by atoms with Crippen LogP contribution in [0.5, 0.6) is 0 Å². The lowest BCUT2D eigenvalue weighted by Crippen LogP contribution is -2.05. The van der Waals surface area contributed by atoms with Crippen LogP contribution in [-0.2, 0) is 20.6 Å². The van der Waals surface area contributed by atoms with Gasteiger partial charge in [-0.05, 0) is 60.0 Å². The van der Waals surface area contributed by atoms with Crippen LogP contribution in [0.3, 0.4) is 0 Å². The van der Waals surface area contributed by atoms with E-state index in [2.05, 4.69) is 20.1 Å². The van der Waals surface area contributed by atoms with Gasteiger partial charge in [0.15, 0.2) is 0 Å². The van der Waals surface area contributed by atoms with Gasteiger partial charge in [0, 0.05) is 34.1 Å². The SMILES string of the molecule is [N-]=[N+]=NC1=C(CCCCCCC2=C(N=[N+]=[N-])CC(=S(=O)=O)C=C2)C=CC(=S(=O)=O)C1. The van der Waals surface area contributed by atoms with E-state index in [0.29, 0.717) is 24.2 Å². The van der Waals surface area contributed by atoms with E-state index in [0.717, 1.165) is 36.8 Å². The van der Waals surface area contributed by atoms with Crippen LogP contribution in [0.1, 0.15) is 51.4 Å². The molecule has 12 heteroatoms. The largest absolute Gasteiger partial charge is 0.217 e.